The normalized spacial score (nSPS) is 16.9. The predicted octanol–water partition coefficient (Wildman–Crippen LogP) is 4.71. The van der Waals surface area contributed by atoms with E-state index in [2.05, 4.69) is 34.6 Å². The Balaban J connectivity index is 4.33. The zero-order valence-corrected chi connectivity index (χ0v) is 25.6. The number of carbonyl (C=O) groups excluding carboxylic acids is 1. The van der Waals surface area contributed by atoms with Crippen LogP contribution in [0.15, 0.2) is 11.6 Å². The number of aliphatic hydroxyl groups is 3. The Kier molecular flexibility index (Phi) is 17.3. The van der Waals surface area contributed by atoms with Gasteiger partial charge in [0, 0.05) is 18.5 Å². The van der Waals surface area contributed by atoms with Gasteiger partial charge in [0.25, 0.3) is 0 Å². The van der Waals surface area contributed by atoms with Gasteiger partial charge in [-0.15, -0.1) is 0 Å². The first-order valence-corrected chi connectivity index (χ1v) is 14.2. The van der Waals surface area contributed by atoms with Crippen molar-refractivity contribution in [1.82, 2.24) is 4.90 Å². The summed E-state index contributed by atoms with van der Waals surface area (Å²) in [4.78, 5) is 12.8. The third-order valence-electron chi connectivity index (χ3n) is 7.39. The summed E-state index contributed by atoms with van der Waals surface area (Å²) in [5, 5.41) is 31.0. The zero-order valence-electron chi connectivity index (χ0n) is 25.6. The molecule has 0 rings (SSSR count). The lowest BCUT2D eigenvalue weighted by molar-refractivity contribution is -0.105. The molecule has 0 radical (unpaired) electrons. The van der Waals surface area contributed by atoms with E-state index in [-0.39, 0.29) is 37.0 Å². The van der Waals surface area contributed by atoms with Crippen LogP contribution < -0.4 is 0 Å². The largest absolute Gasteiger partial charge is 0.391 e. The van der Waals surface area contributed by atoms with Crippen molar-refractivity contribution in [2.24, 2.45) is 10.8 Å². The van der Waals surface area contributed by atoms with Crippen LogP contribution in [0.3, 0.4) is 0 Å². The Labute approximate surface area is 231 Å². The molecule has 0 aromatic rings. The molecule has 0 saturated heterocycles. The number of aldehydes is 1. The Morgan fingerprint density at radius 2 is 1.45 bits per heavy atom. The number of ether oxygens (including phenoxy) is 2. The molecule has 0 spiro atoms. The Morgan fingerprint density at radius 1 is 0.921 bits per heavy atom. The molecule has 0 saturated carbocycles. The number of alkyl halides is 1. The predicted molar refractivity (Wildman–Crippen MR) is 152 cm³/mol. The van der Waals surface area contributed by atoms with E-state index in [1.807, 2.05) is 20.8 Å². The van der Waals surface area contributed by atoms with Crippen molar-refractivity contribution in [1.29, 1.82) is 0 Å². The molecule has 0 aliphatic carbocycles. The monoisotopic (exact) mass is 547 g/mol. The van der Waals surface area contributed by atoms with Crippen LogP contribution in [0, 0.1) is 10.8 Å². The lowest BCUT2D eigenvalue weighted by atomic mass is 9.71. The molecule has 0 amide bonds. The average molecular weight is 548 g/mol. The molecule has 38 heavy (non-hydrogen) atoms. The molecule has 8 heteroatoms. The molecule has 0 bridgehead atoms. The fourth-order valence-electron chi connectivity index (χ4n) is 4.98. The molecular weight excluding hydrogens is 489 g/mol. The summed E-state index contributed by atoms with van der Waals surface area (Å²) in [5.74, 6) is 0. The first-order valence-electron chi connectivity index (χ1n) is 14.2. The molecule has 0 fully saturated rings. The number of hydrogen-bond acceptors (Lipinski definition) is 7. The van der Waals surface area contributed by atoms with Crippen LogP contribution in [0.2, 0.25) is 0 Å². The summed E-state index contributed by atoms with van der Waals surface area (Å²) in [6, 6.07) is 0. The van der Waals surface area contributed by atoms with Gasteiger partial charge in [0.2, 0.25) is 0 Å². The van der Waals surface area contributed by atoms with Crippen LogP contribution in [0.25, 0.3) is 0 Å². The highest BCUT2D eigenvalue weighted by atomic mass is 19.1. The van der Waals surface area contributed by atoms with E-state index in [4.69, 9.17) is 9.47 Å². The quantitative estimate of drug-likeness (QED) is 0.103. The van der Waals surface area contributed by atoms with Crippen LogP contribution in [0.1, 0.15) is 93.9 Å². The van der Waals surface area contributed by atoms with Crippen molar-refractivity contribution in [2.75, 3.05) is 40.0 Å². The molecule has 4 unspecified atom stereocenters. The van der Waals surface area contributed by atoms with Crippen LogP contribution in [-0.2, 0) is 14.3 Å². The van der Waals surface area contributed by atoms with Crippen LogP contribution in [0.5, 0.6) is 0 Å². The standard InChI is InChI=1S/C30H58FNO6/c1-10-12-23(19-33)15-27(36)26(31)18-32(9)30(7,8)17-25(35)21-38-14-13-37-20-24(34)16-29(5,6)22-28(3,4)11-2/h12,19,24-27,34-36H,10-11,13-18,20-22H2,1-9H3/b23-12-. The van der Waals surface area contributed by atoms with E-state index in [0.717, 1.165) is 12.8 Å². The van der Waals surface area contributed by atoms with E-state index in [1.54, 1.807) is 18.0 Å². The second kappa shape index (κ2) is 17.7. The van der Waals surface area contributed by atoms with Gasteiger partial charge >= 0.3 is 0 Å². The second-order valence-corrected chi connectivity index (χ2v) is 13.0. The topological polar surface area (TPSA) is 99.5 Å². The third kappa shape index (κ3) is 16.3. The van der Waals surface area contributed by atoms with E-state index >= 15 is 0 Å². The van der Waals surface area contributed by atoms with E-state index in [9.17, 15) is 24.5 Å². The number of halogens is 1. The summed E-state index contributed by atoms with van der Waals surface area (Å²) < 4.78 is 25.8. The zero-order chi connectivity index (χ0) is 29.6. The molecule has 0 aliphatic rings. The summed E-state index contributed by atoms with van der Waals surface area (Å²) >= 11 is 0. The number of rotatable bonds is 22. The molecule has 0 heterocycles. The lowest BCUT2D eigenvalue weighted by Gasteiger charge is -2.38. The molecule has 0 aromatic carbocycles. The number of hydrogen-bond donors (Lipinski definition) is 3. The van der Waals surface area contributed by atoms with Gasteiger partial charge in [0.15, 0.2) is 0 Å². The van der Waals surface area contributed by atoms with Gasteiger partial charge in [-0.05, 0) is 63.0 Å². The smallest absolute Gasteiger partial charge is 0.145 e. The molecule has 226 valence electrons. The first kappa shape index (κ1) is 37.1. The Morgan fingerprint density at radius 3 is 1.92 bits per heavy atom. The number of aliphatic hydroxyl groups excluding tert-OH is 3. The van der Waals surface area contributed by atoms with Crippen molar-refractivity contribution in [2.45, 2.75) is 124 Å². The van der Waals surface area contributed by atoms with Crippen LogP contribution in [0.4, 0.5) is 4.39 Å². The molecule has 7 nitrogen and oxygen atoms in total. The fourth-order valence-corrected chi connectivity index (χ4v) is 4.98. The fraction of sp³-hybridized carbons (Fsp3) is 0.900. The number of carbonyl (C=O) groups is 1. The average Bonchev–Trinajstić information content (AvgIpc) is 2.79. The highest BCUT2D eigenvalue weighted by Gasteiger charge is 2.31. The molecule has 0 aliphatic heterocycles. The summed E-state index contributed by atoms with van der Waals surface area (Å²) in [6.45, 7) is 17.7. The maximum Gasteiger partial charge on any atom is 0.145 e. The second-order valence-electron chi connectivity index (χ2n) is 13.0. The van der Waals surface area contributed by atoms with E-state index in [0.29, 0.717) is 44.3 Å². The molecule has 0 aromatic heterocycles. The van der Waals surface area contributed by atoms with Crippen LogP contribution >= 0.6 is 0 Å². The van der Waals surface area contributed by atoms with Crippen molar-refractivity contribution < 1.29 is 34.0 Å². The van der Waals surface area contributed by atoms with Gasteiger partial charge in [-0.1, -0.05) is 54.0 Å². The maximum absolute atomic E-state index is 14.7. The minimum atomic E-state index is -1.52. The van der Waals surface area contributed by atoms with Gasteiger partial charge in [0.1, 0.15) is 12.5 Å². The highest BCUT2D eigenvalue weighted by Crippen LogP contribution is 2.38. The summed E-state index contributed by atoms with van der Waals surface area (Å²) in [5.41, 5.74) is 0.118. The SMILES string of the molecule is CC/C=C(\C=O)CC(O)C(F)CN(C)C(C)(C)CC(O)COCCOCC(O)CC(C)(C)CC(C)(C)CC. The molecule has 3 N–H and O–H groups in total. The summed E-state index contributed by atoms with van der Waals surface area (Å²) in [6.07, 6.45) is 2.05. The third-order valence-corrected chi connectivity index (χ3v) is 7.39. The van der Waals surface area contributed by atoms with Gasteiger partial charge in [-0.2, -0.15) is 0 Å². The van der Waals surface area contributed by atoms with Crippen molar-refractivity contribution in [3.05, 3.63) is 11.6 Å². The number of allylic oxidation sites excluding steroid dienone is 1. The Hall–Kier alpha value is -0.900. The van der Waals surface area contributed by atoms with Gasteiger partial charge in [0.05, 0.1) is 44.7 Å². The van der Waals surface area contributed by atoms with Crippen molar-refractivity contribution in [3.8, 4) is 0 Å². The summed E-state index contributed by atoms with van der Waals surface area (Å²) in [7, 11) is 1.75. The van der Waals surface area contributed by atoms with Crippen molar-refractivity contribution >= 4 is 6.29 Å². The number of nitrogens with zero attached hydrogens (tertiary/aromatic N) is 1. The Bertz CT molecular complexity index is 682. The minimum absolute atomic E-state index is 0.0167. The lowest BCUT2D eigenvalue weighted by Crippen LogP contribution is -2.48. The first-order chi connectivity index (χ1) is 17.5. The van der Waals surface area contributed by atoms with Crippen LogP contribution in [-0.4, -0.2) is 96.5 Å². The minimum Gasteiger partial charge on any atom is -0.391 e. The van der Waals surface area contributed by atoms with E-state index in [1.165, 1.54) is 0 Å². The maximum atomic E-state index is 14.7. The molecular formula is C30H58FNO6. The highest BCUT2D eigenvalue weighted by molar-refractivity contribution is 5.73. The molecule has 4 atom stereocenters. The van der Waals surface area contributed by atoms with Gasteiger partial charge in [-0.25, -0.2) is 4.39 Å². The van der Waals surface area contributed by atoms with Gasteiger partial charge < -0.3 is 24.8 Å². The van der Waals surface area contributed by atoms with Crippen molar-refractivity contribution in [3.63, 3.8) is 0 Å². The van der Waals surface area contributed by atoms with Gasteiger partial charge in [-0.3, -0.25) is 9.69 Å². The van der Waals surface area contributed by atoms with E-state index < -0.39 is 30.0 Å².